The molecule has 0 bridgehead atoms. The molecule has 5 nitrogen and oxygen atoms in total. The van der Waals surface area contributed by atoms with E-state index in [2.05, 4.69) is 0 Å². The number of piperidine rings is 1. The second-order valence-corrected chi connectivity index (χ2v) is 5.98. The summed E-state index contributed by atoms with van der Waals surface area (Å²) in [7, 11) is 3.08. The molecular formula is C17H24N2O3. The van der Waals surface area contributed by atoms with Gasteiger partial charge in [-0.3, -0.25) is 14.4 Å². The Morgan fingerprint density at radius 2 is 1.86 bits per heavy atom. The molecule has 1 aromatic carbocycles. The molecule has 1 fully saturated rings. The fraction of sp³-hybridized carbons (Fsp3) is 0.529. The minimum atomic E-state index is -0.187. The maximum absolute atomic E-state index is 12.7. The van der Waals surface area contributed by atoms with Crippen LogP contribution in [0, 0.1) is 19.8 Å². The van der Waals surface area contributed by atoms with Crippen molar-refractivity contribution >= 4 is 11.8 Å². The second kappa shape index (κ2) is 6.92. The van der Waals surface area contributed by atoms with E-state index in [1.165, 1.54) is 12.2 Å². The third-order valence-corrected chi connectivity index (χ3v) is 4.11. The van der Waals surface area contributed by atoms with Crippen LogP contribution in [0.15, 0.2) is 18.2 Å². The smallest absolute Gasteiger partial charge is 0.253 e. The Labute approximate surface area is 131 Å². The number of carbonyl (C=O) groups excluding carboxylic acids is 2. The number of nitrogens with zero attached hydrogens (tertiary/aromatic N) is 2. The lowest BCUT2D eigenvalue weighted by Gasteiger charge is -2.33. The molecule has 2 rings (SSSR count). The zero-order valence-corrected chi connectivity index (χ0v) is 13.8. The van der Waals surface area contributed by atoms with E-state index in [-0.39, 0.29) is 17.7 Å². The molecule has 5 heteroatoms. The zero-order valence-electron chi connectivity index (χ0n) is 13.8. The maximum Gasteiger partial charge on any atom is 0.253 e. The van der Waals surface area contributed by atoms with Crippen molar-refractivity contribution in [2.75, 3.05) is 27.2 Å². The minimum Gasteiger partial charge on any atom is -0.338 e. The van der Waals surface area contributed by atoms with E-state index in [1.807, 2.05) is 32.0 Å². The van der Waals surface area contributed by atoms with Crippen molar-refractivity contribution in [3.63, 3.8) is 0 Å². The van der Waals surface area contributed by atoms with Crippen LogP contribution in [0.5, 0.6) is 0 Å². The second-order valence-electron chi connectivity index (χ2n) is 5.98. The summed E-state index contributed by atoms with van der Waals surface area (Å²) in [4.78, 5) is 31.6. The molecule has 0 unspecified atom stereocenters. The van der Waals surface area contributed by atoms with Gasteiger partial charge in [-0.2, -0.15) is 0 Å². The number of hydrogen-bond donors (Lipinski definition) is 0. The summed E-state index contributed by atoms with van der Waals surface area (Å²) >= 11 is 0. The standard InChI is InChI=1S/C17H24N2O3/c1-12-8-13(2)10-15(9-12)17(21)19-7-5-6-14(11-19)16(20)18(3)22-4/h8-10,14H,5-7,11H2,1-4H3/t14-/m0/s1. The fourth-order valence-corrected chi connectivity index (χ4v) is 2.99. The lowest BCUT2D eigenvalue weighted by Crippen LogP contribution is -2.45. The number of carbonyl (C=O) groups is 2. The first-order valence-electron chi connectivity index (χ1n) is 7.61. The molecule has 0 N–H and O–H groups in total. The number of aryl methyl sites for hydroxylation is 2. The molecule has 1 aliphatic heterocycles. The van der Waals surface area contributed by atoms with E-state index in [0.29, 0.717) is 18.7 Å². The van der Waals surface area contributed by atoms with Crippen LogP contribution in [0.25, 0.3) is 0 Å². The molecule has 1 heterocycles. The summed E-state index contributed by atoms with van der Waals surface area (Å²) < 4.78 is 0. The van der Waals surface area contributed by atoms with E-state index in [1.54, 1.807) is 11.9 Å². The molecule has 0 spiro atoms. The van der Waals surface area contributed by atoms with Gasteiger partial charge in [-0.15, -0.1) is 0 Å². The van der Waals surface area contributed by atoms with E-state index < -0.39 is 0 Å². The molecule has 1 aromatic rings. The quantitative estimate of drug-likeness (QED) is 0.804. The first-order chi connectivity index (χ1) is 10.4. The highest BCUT2D eigenvalue weighted by Gasteiger charge is 2.30. The number of amides is 2. The topological polar surface area (TPSA) is 49.9 Å². The van der Waals surface area contributed by atoms with E-state index >= 15 is 0 Å². The van der Waals surface area contributed by atoms with Crippen molar-refractivity contribution in [2.45, 2.75) is 26.7 Å². The van der Waals surface area contributed by atoms with Crippen molar-refractivity contribution in [2.24, 2.45) is 5.92 Å². The van der Waals surface area contributed by atoms with Gasteiger partial charge < -0.3 is 4.90 Å². The molecule has 0 aliphatic carbocycles. The largest absolute Gasteiger partial charge is 0.338 e. The van der Waals surface area contributed by atoms with Crippen LogP contribution in [0.2, 0.25) is 0 Å². The predicted octanol–water partition coefficient (Wildman–Crippen LogP) is 2.18. The van der Waals surface area contributed by atoms with Gasteiger partial charge in [0.2, 0.25) is 0 Å². The average molecular weight is 304 g/mol. The molecule has 1 saturated heterocycles. The summed E-state index contributed by atoms with van der Waals surface area (Å²) in [6.45, 7) is 5.13. The van der Waals surface area contributed by atoms with Gasteiger partial charge >= 0.3 is 0 Å². The van der Waals surface area contributed by atoms with E-state index in [0.717, 1.165) is 24.0 Å². The van der Waals surface area contributed by atoms with Crippen LogP contribution >= 0.6 is 0 Å². The van der Waals surface area contributed by atoms with Gasteiger partial charge in [-0.1, -0.05) is 17.2 Å². The monoisotopic (exact) mass is 304 g/mol. The Hall–Kier alpha value is -1.88. The van der Waals surface area contributed by atoms with Crippen LogP contribution in [-0.4, -0.2) is 49.0 Å². The van der Waals surface area contributed by atoms with Gasteiger partial charge in [0.1, 0.15) is 0 Å². The highest BCUT2D eigenvalue weighted by atomic mass is 16.7. The number of rotatable bonds is 3. The molecular weight excluding hydrogens is 280 g/mol. The number of hydroxylamine groups is 2. The highest BCUT2D eigenvalue weighted by Crippen LogP contribution is 2.21. The molecule has 120 valence electrons. The normalized spacial score (nSPS) is 18.2. The summed E-state index contributed by atoms with van der Waals surface area (Å²) in [5, 5.41) is 1.25. The Morgan fingerprint density at radius 1 is 1.23 bits per heavy atom. The number of hydrogen-bond acceptors (Lipinski definition) is 3. The molecule has 0 aromatic heterocycles. The van der Waals surface area contributed by atoms with Gasteiger partial charge in [0.25, 0.3) is 11.8 Å². The van der Waals surface area contributed by atoms with Gasteiger partial charge in [0.05, 0.1) is 13.0 Å². The Balaban J connectivity index is 2.11. The predicted molar refractivity (Wildman–Crippen MR) is 84.3 cm³/mol. The van der Waals surface area contributed by atoms with Crippen molar-refractivity contribution in [1.82, 2.24) is 9.96 Å². The third-order valence-electron chi connectivity index (χ3n) is 4.11. The summed E-state index contributed by atoms with van der Waals surface area (Å²) in [6.07, 6.45) is 1.63. The minimum absolute atomic E-state index is 0.00405. The van der Waals surface area contributed by atoms with Crippen LogP contribution in [-0.2, 0) is 9.63 Å². The molecule has 0 saturated carbocycles. The number of likely N-dealkylation sites (tertiary alicyclic amines) is 1. The van der Waals surface area contributed by atoms with Crippen LogP contribution in [0.4, 0.5) is 0 Å². The molecule has 1 aliphatic rings. The summed E-state index contributed by atoms with van der Waals surface area (Å²) in [5.74, 6) is -0.252. The molecule has 1 atom stereocenters. The average Bonchev–Trinajstić information content (AvgIpc) is 2.51. The lowest BCUT2D eigenvalue weighted by atomic mass is 9.96. The van der Waals surface area contributed by atoms with Crippen LogP contribution in [0.1, 0.15) is 34.3 Å². The van der Waals surface area contributed by atoms with Gasteiger partial charge in [0.15, 0.2) is 0 Å². The fourth-order valence-electron chi connectivity index (χ4n) is 2.99. The summed E-state index contributed by atoms with van der Waals surface area (Å²) in [6, 6.07) is 5.86. The number of benzene rings is 1. The van der Waals surface area contributed by atoms with E-state index in [9.17, 15) is 9.59 Å². The first kappa shape index (κ1) is 16.5. The Morgan fingerprint density at radius 3 is 2.45 bits per heavy atom. The van der Waals surface area contributed by atoms with Crippen molar-refractivity contribution in [3.8, 4) is 0 Å². The summed E-state index contributed by atoms with van der Waals surface area (Å²) in [5.41, 5.74) is 2.85. The van der Waals surface area contributed by atoms with E-state index in [4.69, 9.17) is 4.84 Å². The van der Waals surface area contributed by atoms with Gasteiger partial charge in [-0.05, 0) is 38.8 Å². The van der Waals surface area contributed by atoms with Crippen molar-refractivity contribution in [3.05, 3.63) is 34.9 Å². The first-order valence-corrected chi connectivity index (χ1v) is 7.61. The van der Waals surface area contributed by atoms with Crippen molar-refractivity contribution in [1.29, 1.82) is 0 Å². The SMILES string of the molecule is CON(C)C(=O)[C@H]1CCCN(C(=O)c2cc(C)cc(C)c2)C1. The molecule has 2 amide bonds. The highest BCUT2D eigenvalue weighted by molar-refractivity contribution is 5.95. The van der Waals surface area contributed by atoms with Gasteiger partial charge in [-0.25, -0.2) is 5.06 Å². The Kier molecular flexibility index (Phi) is 5.19. The molecule has 0 radical (unpaired) electrons. The maximum atomic E-state index is 12.7. The van der Waals surface area contributed by atoms with Crippen LogP contribution in [0.3, 0.4) is 0 Å². The Bertz CT molecular complexity index is 551. The lowest BCUT2D eigenvalue weighted by molar-refractivity contribution is -0.174. The zero-order chi connectivity index (χ0) is 16.3. The third kappa shape index (κ3) is 3.65. The van der Waals surface area contributed by atoms with Gasteiger partial charge in [0, 0.05) is 25.7 Å². The van der Waals surface area contributed by atoms with Crippen LogP contribution < -0.4 is 0 Å². The molecule has 22 heavy (non-hydrogen) atoms. The van der Waals surface area contributed by atoms with Crippen molar-refractivity contribution < 1.29 is 14.4 Å².